The molecule has 1 aliphatic rings. The molecule has 0 aliphatic heterocycles. The highest BCUT2D eigenvalue weighted by Crippen LogP contribution is 2.42. The summed E-state index contributed by atoms with van der Waals surface area (Å²) in [5.74, 6) is -2.22. The number of alkyl halides is 2. The molecule has 1 aliphatic carbocycles. The lowest BCUT2D eigenvalue weighted by Gasteiger charge is -2.37. The van der Waals surface area contributed by atoms with Crippen LogP contribution in [0.4, 0.5) is 8.78 Å². The van der Waals surface area contributed by atoms with Crippen LogP contribution in [0, 0.1) is 17.8 Å². The molecule has 0 saturated heterocycles. The molecule has 1 rings (SSSR count). The van der Waals surface area contributed by atoms with Crippen molar-refractivity contribution in [1.29, 1.82) is 0 Å². The Kier molecular flexibility index (Phi) is 2.74. The van der Waals surface area contributed by atoms with Gasteiger partial charge in [0.05, 0.1) is 0 Å². The zero-order valence-corrected chi connectivity index (χ0v) is 8.11. The summed E-state index contributed by atoms with van der Waals surface area (Å²) in [6, 6.07) is 0. The van der Waals surface area contributed by atoms with Gasteiger partial charge in [-0.15, -0.1) is 0 Å². The predicted molar refractivity (Wildman–Crippen MR) is 46.3 cm³/mol. The van der Waals surface area contributed by atoms with Crippen LogP contribution >= 0.6 is 0 Å². The van der Waals surface area contributed by atoms with Crippen molar-refractivity contribution in [3.05, 3.63) is 0 Å². The fraction of sp³-hybridized carbons (Fsp3) is 1.00. The summed E-state index contributed by atoms with van der Waals surface area (Å²) < 4.78 is 26.1. The minimum absolute atomic E-state index is 0.179. The highest BCUT2D eigenvalue weighted by Gasteiger charge is 2.41. The Morgan fingerprint density at radius 1 is 1.17 bits per heavy atom. The van der Waals surface area contributed by atoms with Crippen molar-refractivity contribution in [3.8, 4) is 0 Å². The van der Waals surface area contributed by atoms with E-state index in [0.29, 0.717) is 12.3 Å². The standard InChI is InChI=1S/C10H18F2/c1-7-5-4-6-9(8(7)2)10(3,11)12/h7-9H,4-6H2,1-3H3/t7-,8?,9?/m1/s1. The minimum atomic E-state index is -2.48. The summed E-state index contributed by atoms with van der Waals surface area (Å²) in [6.07, 6.45) is 2.79. The van der Waals surface area contributed by atoms with Crippen molar-refractivity contribution in [3.63, 3.8) is 0 Å². The molecule has 1 fully saturated rings. The second-order valence-corrected chi connectivity index (χ2v) is 4.33. The van der Waals surface area contributed by atoms with Gasteiger partial charge in [-0.05, 0) is 25.2 Å². The Morgan fingerprint density at radius 2 is 1.75 bits per heavy atom. The topological polar surface area (TPSA) is 0 Å². The first kappa shape index (κ1) is 9.94. The van der Waals surface area contributed by atoms with Crippen molar-refractivity contribution >= 4 is 0 Å². The summed E-state index contributed by atoms with van der Waals surface area (Å²) in [7, 11) is 0. The minimum Gasteiger partial charge on any atom is -0.207 e. The average Bonchev–Trinajstić information content (AvgIpc) is 1.92. The first-order valence-electron chi connectivity index (χ1n) is 4.80. The Labute approximate surface area is 73.3 Å². The molecular weight excluding hydrogens is 158 g/mol. The SMILES string of the molecule is CC1C(C(C)(F)F)CCC[C@H]1C. The first-order chi connectivity index (χ1) is 5.43. The maximum Gasteiger partial charge on any atom is 0.248 e. The third kappa shape index (κ3) is 1.96. The third-order valence-corrected chi connectivity index (χ3v) is 3.36. The van der Waals surface area contributed by atoms with E-state index >= 15 is 0 Å². The Morgan fingerprint density at radius 3 is 2.17 bits per heavy atom. The van der Waals surface area contributed by atoms with Crippen LogP contribution in [0.3, 0.4) is 0 Å². The Bertz CT molecular complexity index is 148. The molecule has 12 heavy (non-hydrogen) atoms. The van der Waals surface area contributed by atoms with Crippen molar-refractivity contribution < 1.29 is 8.78 Å². The maximum absolute atomic E-state index is 13.0. The Balaban J connectivity index is 2.64. The van der Waals surface area contributed by atoms with Crippen molar-refractivity contribution in [2.45, 2.75) is 46.0 Å². The van der Waals surface area contributed by atoms with Gasteiger partial charge in [0, 0.05) is 5.92 Å². The van der Waals surface area contributed by atoms with E-state index in [0.717, 1.165) is 19.8 Å². The van der Waals surface area contributed by atoms with Gasteiger partial charge in [0.15, 0.2) is 0 Å². The number of hydrogen-bond acceptors (Lipinski definition) is 0. The van der Waals surface area contributed by atoms with Gasteiger partial charge < -0.3 is 0 Å². The van der Waals surface area contributed by atoms with Crippen LogP contribution in [0.2, 0.25) is 0 Å². The van der Waals surface area contributed by atoms with E-state index in [1.54, 1.807) is 0 Å². The molecule has 0 aromatic carbocycles. The van der Waals surface area contributed by atoms with Crippen LogP contribution in [-0.2, 0) is 0 Å². The molecule has 3 atom stereocenters. The highest BCUT2D eigenvalue weighted by atomic mass is 19.3. The molecule has 0 spiro atoms. The van der Waals surface area contributed by atoms with Gasteiger partial charge in [-0.1, -0.05) is 26.7 Å². The molecule has 2 unspecified atom stereocenters. The highest BCUT2D eigenvalue weighted by molar-refractivity contribution is 4.84. The van der Waals surface area contributed by atoms with Crippen LogP contribution in [0.15, 0.2) is 0 Å². The molecule has 0 amide bonds. The van der Waals surface area contributed by atoms with E-state index in [1.165, 1.54) is 0 Å². The summed E-state index contributed by atoms with van der Waals surface area (Å²) in [5, 5.41) is 0. The normalized spacial score (nSPS) is 38.2. The summed E-state index contributed by atoms with van der Waals surface area (Å²) in [6.45, 7) is 5.11. The van der Waals surface area contributed by atoms with Crippen molar-refractivity contribution in [2.75, 3.05) is 0 Å². The van der Waals surface area contributed by atoms with Gasteiger partial charge >= 0.3 is 0 Å². The number of hydrogen-bond donors (Lipinski definition) is 0. The van der Waals surface area contributed by atoms with Crippen LogP contribution in [-0.4, -0.2) is 5.92 Å². The van der Waals surface area contributed by atoms with Crippen LogP contribution < -0.4 is 0 Å². The molecule has 1 saturated carbocycles. The summed E-state index contributed by atoms with van der Waals surface area (Å²) in [5.41, 5.74) is 0. The van der Waals surface area contributed by atoms with E-state index in [2.05, 4.69) is 6.92 Å². The molecule has 0 radical (unpaired) electrons. The van der Waals surface area contributed by atoms with Crippen LogP contribution in [0.5, 0.6) is 0 Å². The van der Waals surface area contributed by atoms with Gasteiger partial charge in [-0.25, -0.2) is 8.78 Å². The largest absolute Gasteiger partial charge is 0.248 e. The third-order valence-electron chi connectivity index (χ3n) is 3.36. The Hall–Kier alpha value is -0.140. The van der Waals surface area contributed by atoms with Gasteiger partial charge in [-0.3, -0.25) is 0 Å². The molecule has 0 heterocycles. The smallest absolute Gasteiger partial charge is 0.207 e. The van der Waals surface area contributed by atoms with E-state index < -0.39 is 5.92 Å². The predicted octanol–water partition coefficient (Wildman–Crippen LogP) is 3.71. The van der Waals surface area contributed by atoms with Crippen LogP contribution in [0.25, 0.3) is 0 Å². The van der Waals surface area contributed by atoms with E-state index in [-0.39, 0.29) is 11.8 Å². The summed E-state index contributed by atoms with van der Waals surface area (Å²) >= 11 is 0. The van der Waals surface area contributed by atoms with Gasteiger partial charge in [0.2, 0.25) is 5.92 Å². The lowest BCUT2D eigenvalue weighted by atomic mass is 9.71. The molecule has 0 nitrogen and oxygen atoms in total. The second kappa shape index (κ2) is 3.31. The van der Waals surface area contributed by atoms with Gasteiger partial charge in [0.25, 0.3) is 0 Å². The van der Waals surface area contributed by atoms with E-state index in [9.17, 15) is 8.78 Å². The van der Waals surface area contributed by atoms with Gasteiger partial charge in [-0.2, -0.15) is 0 Å². The monoisotopic (exact) mass is 176 g/mol. The molecular formula is C10H18F2. The zero-order valence-electron chi connectivity index (χ0n) is 8.11. The first-order valence-corrected chi connectivity index (χ1v) is 4.80. The maximum atomic E-state index is 13.0. The lowest BCUT2D eigenvalue weighted by molar-refractivity contribution is -0.0837. The molecule has 0 aromatic heterocycles. The number of halogens is 2. The zero-order chi connectivity index (χ0) is 9.35. The molecule has 72 valence electrons. The number of rotatable bonds is 1. The second-order valence-electron chi connectivity index (χ2n) is 4.33. The molecule has 2 heteroatoms. The van der Waals surface area contributed by atoms with Crippen molar-refractivity contribution in [2.24, 2.45) is 17.8 Å². The lowest BCUT2D eigenvalue weighted by Crippen LogP contribution is -2.36. The fourth-order valence-corrected chi connectivity index (χ4v) is 2.30. The molecule has 0 aromatic rings. The van der Waals surface area contributed by atoms with Crippen molar-refractivity contribution in [1.82, 2.24) is 0 Å². The van der Waals surface area contributed by atoms with Gasteiger partial charge in [0.1, 0.15) is 0 Å². The molecule has 0 bridgehead atoms. The van der Waals surface area contributed by atoms with E-state index in [4.69, 9.17) is 0 Å². The average molecular weight is 176 g/mol. The fourth-order valence-electron chi connectivity index (χ4n) is 2.30. The quantitative estimate of drug-likeness (QED) is 0.571. The van der Waals surface area contributed by atoms with Crippen LogP contribution in [0.1, 0.15) is 40.0 Å². The van der Waals surface area contributed by atoms with E-state index in [1.807, 2.05) is 6.92 Å². The summed E-state index contributed by atoms with van der Waals surface area (Å²) in [4.78, 5) is 0. The molecule has 0 N–H and O–H groups in total.